The van der Waals surface area contributed by atoms with Crippen molar-refractivity contribution in [2.45, 2.75) is 44.2 Å². The third-order valence-electron chi connectivity index (χ3n) is 4.12. The number of hydrogen-bond donors (Lipinski definition) is 1. The molecule has 1 N–H and O–H groups in total. The summed E-state index contributed by atoms with van der Waals surface area (Å²) in [4.78, 5) is 27.7. The lowest BCUT2D eigenvalue weighted by atomic mass is 9.96. The fourth-order valence-corrected chi connectivity index (χ4v) is 4.62. The first-order valence-corrected chi connectivity index (χ1v) is 8.55. The van der Waals surface area contributed by atoms with Crippen molar-refractivity contribution in [3.63, 3.8) is 0 Å². The fourth-order valence-electron chi connectivity index (χ4n) is 3.12. The number of nitrogens with one attached hydrogen (secondary N) is 1. The predicted molar refractivity (Wildman–Crippen MR) is 81.4 cm³/mol. The zero-order chi connectivity index (χ0) is 14.2. The van der Waals surface area contributed by atoms with E-state index in [1.807, 2.05) is 17.0 Å². The number of thiophene rings is 1. The minimum absolute atomic E-state index is 0.00936. The van der Waals surface area contributed by atoms with E-state index in [1.165, 1.54) is 0 Å². The Labute approximate surface area is 130 Å². The van der Waals surface area contributed by atoms with E-state index >= 15 is 0 Å². The summed E-state index contributed by atoms with van der Waals surface area (Å²) in [6.45, 7) is 1.12. The second-order valence-corrected chi connectivity index (χ2v) is 8.07. The number of amides is 2. The number of nitrogens with zero attached hydrogens (tertiary/aromatic N) is 1. The molecule has 0 aromatic carbocycles. The molecule has 20 heavy (non-hydrogen) atoms. The van der Waals surface area contributed by atoms with Crippen molar-refractivity contribution < 1.29 is 9.59 Å². The maximum Gasteiger partial charge on any atom is 0.248 e. The molecule has 108 valence electrons. The summed E-state index contributed by atoms with van der Waals surface area (Å²) in [5.74, 6) is 0.112. The molecule has 2 aliphatic rings. The highest BCUT2D eigenvalue weighted by Gasteiger charge is 2.46. The normalized spacial score (nSPS) is 22.1. The van der Waals surface area contributed by atoms with Crippen LogP contribution in [0.3, 0.4) is 0 Å². The van der Waals surface area contributed by atoms with Crippen LogP contribution in [0.5, 0.6) is 0 Å². The lowest BCUT2D eigenvalue weighted by molar-refractivity contribution is -0.139. The van der Waals surface area contributed by atoms with Gasteiger partial charge in [0.25, 0.3) is 0 Å². The van der Waals surface area contributed by atoms with Crippen molar-refractivity contribution in [3.8, 4) is 0 Å². The van der Waals surface area contributed by atoms with Crippen LogP contribution in [-0.2, 0) is 16.1 Å². The van der Waals surface area contributed by atoms with Crippen molar-refractivity contribution >= 4 is 39.1 Å². The molecule has 1 aliphatic carbocycles. The summed E-state index contributed by atoms with van der Waals surface area (Å²) in [5, 5.41) is 2.99. The van der Waals surface area contributed by atoms with Gasteiger partial charge in [-0.2, -0.15) is 0 Å². The van der Waals surface area contributed by atoms with Crippen LogP contribution in [0, 0.1) is 0 Å². The lowest BCUT2D eigenvalue weighted by Crippen LogP contribution is -2.55. The summed E-state index contributed by atoms with van der Waals surface area (Å²) >= 11 is 5.08. The number of halogens is 1. The van der Waals surface area contributed by atoms with E-state index in [-0.39, 0.29) is 11.8 Å². The minimum atomic E-state index is -0.623. The van der Waals surface area contributed by atoms with Gasteiger partial charge in [-0.1, -0.05) is 12.8 Å². The Balaban J connectivity index is 1.82. The highest BCUT2D eigenvalue weighted by atomic mass is 79.9. The van der Waals surface area contributed by atoms with Gasteiger partial charge < -0.3 is 10.2 Å². The number of rotatable bonds is 2. The largest absolute Gasteiger partial charge is 0.342 e. The predicted octanol–water partition coefficient (Wildman–Crippen LogP) is 2.67. The van der Waals surface area contributed by atoms with Crippen LogP contribution in [0.15, 0.2) is 15.9 Å². The lowest BCUT2D eigenvalue weighted by Gasteiger charge is -2.31. The van der Waals surface area contributed by atoms with Gasteiger partial charge in [0, 0.05) is 17.8 Å². The van der Waals surface area contributed by atoms with Crippen LogP contribution in [0.25, 0.3) is 0 Å². The van der Waals surface area contributed by atoms with Crippen LogP contribution in [0.1, 0.15) is 37.0 Å². The van der Waals surface area contributed by atoms with Crippen molar-refractivity contribution in [1.29, 1.82) is 0 Å². The fraction of sp³-hybridized carbons (Fsp3) is 0.571. The molecule has 2 amide bonds. The Hall–Kier alpha value is -0.880. The van der Waals surface area contributed by atoms with Crippen LogP contribution in [-0.4, -0.2) is 28.8 Å². The van der Waals surface area contributed by atoms with Gasteiger partial charge in [0.1, 0.15) is 5.54 Å². The number of carbonyl (C=O) groups excluding carboxylic acids is 2. The Bertz CT molecular complexity index is 537. The molecule has 1 spiro atoms. The third-order valence-corrected chi connectivity index (χ3v) is 5.73. The molecule has 1 saturated carbocycles. The van der Waals surface area contributed by atoms with Gasteiger partial charge in [0.05, 0.1) is 10.3 Å². The van der Waals surface area contributed by atoms with Crippen LogP contribution in [0.4, 0.5) is 0 Å². The SMILES string of the molecule is O=C1CCN(Cc2ccc(Br)s2)C(=O)C2(CCCC2)N1. The third kappa shape index (κ3) is 2.63. The van der Waals surface area contributed by atoms with Crippen LogP contribution < -0.4 is 5.32 Å². The maximum atomic E-state index is 12.8. The van der Waals surface area contributed by atoms with E-state index in [0.29, 0.717) is 19.5 Å². The first kappa shape index (κ1) is 14.1. The average Bonchev–Trinajstić information content (AvgIpc) is 3.01. The Morgan fingerprint density at radius 2 is 2.05 bits per heavy atom. The molecule has 1 saturated heterocycles. The van der Waals surface area contributed by atoms with Gasteiger partial charge in [-0.25, -0.2) is 0 Å². The van der Waals surface area contributed by atoms with Crippen molar-refractivity contribution in [3.05, 3.63) is 20.8 Å². The molecule has 1 aromatic rings. The van der Waals surface area contributed by atoms with Gasteiger partial charge in [-0.15, -0.1) is 11.3 Å². The molecule has 4 nitrogen and oxygen atoms in total. The molecule has 0 radical (unpaired) electrons. The van der Waals surface area contributed by atoms with Crippen molar-refractivity contribution in [1.82, 2.24) is 10.2 Å². The zero-order valence-electron chi connectivity index (χ0n) is 11.2. The molecule has 6 heteroatoms. The molecule has 2 heterocycles. The summed E-state index contributed by atoms with van der Waals surface area (Å²) in [5.41, 5.74) is -0.623. The molecule has 0 unspecified atom stereocenters. The molecule has 0 bridgehead atoms. The zero-order valence-corrected chi connectivity index (χ0v) is 13.6. The molecular weight excluding hydrogens is 340 g/mol. The Morgan fingerprint density at radius 3 is 2.70 bits per heavy atom. The molecule has 0 atom stereocenters. The van der Waals surface area contributed by atoms with E-state index < -0.39 is 5.54 Å². The summed E-state index contributed by atoms with van der Waals surface area (Å²) in [6.07, 6.45) is 4.00. The monoisotopic (exact) mass is 356 g/mol. The van der Waals surface area contributed by atoms with Gasteiger partial charge >= 0.3 is 0 Å². The highest BCUT2D eigenvalue weighted by Crippen LogP contribution is 2.34. The second kappa shape index (κ2) is 5.48. The van der Waals surface area contributed by atoms with Gasteiger partial charge in [-0.05, 0) is 40.9 Å². The first-order chi connectivity index (χ1) is 9.59. The summed E-state index contributed by atoms with van der Waals surface area (Å²) < 4.78 is 1.07. The topological polar surface area (TPSA) is 49.4 Å². The summed E-state index contributed by atoms with van der Waals surface area (Å²) in [7, 11) is 0. The molecule has 2 fully saturated rings. The van der Waals surface area contributed by atoms with Crippen LogP contribution in [0.2, 0.25) is 0 Å². The summed E-state index contributed by atoms with van der Waals surface area (Å²) in [6, 6.07) is 4.03. The highest BCUT2D eigenvalue weighted by molar-refractivity contribution is 9.11. The molecule has 1 aliphatic heterocycles. The van der Waals surface area contributed by atoms with Gasteiger partial charge in [0.2, 0.25) is 11.8 Å². The first-order valence-electron chi connectivity index (χ1n) is 6.94. The maximum absolute atomic E-state index is 12.8. The minimum Gasteiger partial charge on any atom is -0.342 e. The Kier molecular flexibility index (Phi) is 3.86. The van der Waals surface area contributed by atoms with E-state index in [9.17, 15) is 9.59 Å². The second-order valence-electron chi connectivity index (χ2n) is 5.52. The number of hydrogen-bond acceptors (Lipinski definition) is 3. The number of carbonyl (C=O) groups is 2. The quantitative estimate of drug-likeness (QED) is 0.885. The van der Waals surface area contributed by atoms with Crippen molar-refractivity contribution in [2.75, 3.05) is 6.54 Å². The van der Waals surface area contributed by atoms with E-state index in [0.717, 1.165) is 34.3 Å². The van der Waals surface area contributed by atoms with Crippen molar-refractivity contribution in [2.24, 2.45) is 0 Å². The smallest absolute Gasteiger partial charge is 0.248 e. The standard InChI is InChI=1S/C14H17BrN2O2S/c15-11-4-3-10(20-11)9-17-8-5-12(18)16-14(13(17)19)6-1-2-7-14/h3-4H,1-2,5-9H2,(H,16,18). The van der Waals surface area contributed by atoms with Gasteiger partial charge in [-0.3, -0.25) is 9.59 Å². The molecule has 1 aromatic heterocycles. The molecular formula is C14H17BrN2O2S. The average molecular weight is 357 g/mol. The Morgan fingerprint density at radius 1 is 1.30 bits per heavy atom. The van der Waals surface area contributed by atoms with Gasteiger partial charge in [0.15, 0.2) is 0 Å². The van der Waals surface area contributed by atoms with Crippen LogP contribution >= 0.6 is 27.3 Å². The van der Waals surface area contributed by atoms with E-state index in [2.05, 4.69) is 21.2 Å². The van der Waals surface area contributed by atoms with E-state index in [1.54, 1.807) is 11.3 Å². The van der Waals surface area contributed by atoms with E-state index in [4.69, 9.17) is 0 Å². The molecule has 3 rings (SSSR count).